The van der Waals surface area contributed by atoms with Crippen LogP contribution in [0.4, 0.5) is 0 Å². The Bertz CT molecular complexity index is 125. The quantitative estimate of drug-likeness (QED) is 0.741. The number of hydrogen-bond donors (Lipinski definition) is 1. The van der Waals surface area contributed by atoms with Gasteiger partial charge in [0.25, 0.3) is 0 Å². The molecule has 1 atom stereocenters. The highest BCUT2D eigenvalue weighted by Gasteiger charge is 2.19. The van der Waals surface area contributed by atoms with E-state index in [-0.39, 0.29) is 10.9 Å². The zero-order chi connectivity index (χ0) is 10.5. The van der Waals surface area contributed by atoms with E-state index in [0.29, 0.717) is 5.92 Å². The second-order valence-corrected chi connectivity index (χ2v) is 6.41. The third-order valence-electron chi connectivity index (χ3n) is 2.28. The molecule has 0 bridgehead atoms. The van der Waals surface area contributed by atoms with Gasteiger partial charge in [0.15, 0.2) is 0 Å². The Morgan fingerprint density at radius 3 is 1.92 bits per heavy atom. The van der Waals surface area contributed by atoms with Gasteiger partial charge in [0.05, 0.1) is 6.10 Å². The molecule has 80 valence electrons. The standard InChI is InChI=1S/C11H24OS/c1-6-9(7-2)10(12)8-13-11(3,4)5/h9-10,12H,6-8H2,1-5H3. The topological polar surface area (TPSA) is 20.2 Å². The summed E-state index contributed by atoms with van der Waals surface area (Å²) < 4.78 is 0.271. The van der Waals surface area contributed by atoms with E-state index < -0.39 is 0 Å². The average Bonchev–Trinajstić information content (AvgIpc) is 2.02. The zero-order valence-corrected chi connectivity index (χ0v) is 10.4. The number of aliphatic hydroxyl groups is 1. The maximum Gasteiger partial charge on any atom is 0.0658 e. The van der Waals surface area contributed by atoms with Gasteiger partial charge in [-0.2, -0.15) is 11.8 Å². The lowest BCUT2D eigenvalue weighted by atomic mass is 9.98. The molecule has 0 spiro atoms. The number of rotatable bonds is 5. The van der Waals surface area contributed by atoms with Gasteiger partial charge in [-0.3, -0.25) is 0 Å². The van der Waals surface area contributed by atoms with E-state index in [4.69, 9.17) is 0 Å². The maximum atomic E-state index is 9.85. The third kappa shape index (κ3) is 6.39. The Morgan fingerprint density at radius 2 is 1.62 bits per heavy atom. The van der Waals surface area contributed by atoms with Crippen molar-refractivity contribution in [1.82, 2.24) is 0 Å². The van der Waals surface area contributed by atoms with Crippen molar-refractivity contribution < 1.29 is 5.11 Å². The molecule has 0 heterocycles. The number of hydrogen-bond acceptors (Lipinski definition) is 2. The molecule has 0 radical (unpaired) electrons. The summed E-state index contributed by atoms with van der Waals surface area (Å²) in [4.78, 5) is 0. The molecule has 13 heavy (non-hydrogen) atoms. The molecule has 0 aromatic carbocycles. The summed E-state index contributed by atoms with van der Waals surface area (Å²) >= 11 is 1.85. The highest BCUT2D eigenvalue weighted by molar-refractivity contribution is 8.00. The molecule has 0 aliphatic rings. The van der Waals surface area contributed by atoms with E-state index in [1.54, 1.807) is 0 Å². The molecule has 0 amide bonds. The van der Waals surface area contributed by atoms with Crippen molar-refractivity contribution in [2.75, 3.05) is 5.75 Å². The highest BCUT2D eigenvalue weighted by Crippen LogP contribution is 2.26. The van der Waals surface area contributed by atoms with Crippen molar-refractivity contribution >= 4 is 11.8 Å². The zero-order valence-electron chi connectivity index (χ0n) is 9.63. The summed E-state index contributed by atoms with van der Waals surface area (Å²) in [6.45, 7) is 10.9. The summed E-state index contributed by atoms with van der Waals surface area (Å²) in [7, 11) is 0. The monoisotopic (exact) mass is 204 g/mol. The van der Waals surface area contributed by atoms with Crippen LogP contribution < -0.4 is 0 Å². The van der Waals surface area contributed by atoms with Gasteiger partial charge in [0.2, 0.25) is 0 Å². The summed E-state index contributed by atoms with van der Waals surface area (Å²) in [5, 5.41) is 9.85. The minimum absolute atomic E-state index is 0.126. The van der Waals surface area contributed by atoms with Gasteiger partial charge in [0, 0.05) is 10.5 Å². The molecule has 0 aliphatic heterocycles. The van der Waals surface area contributed by atoms with Crippen LogP contribution in [0.15, 0.2) is 0 Å². The Balaban J connectivity index is 3.78. The van der Waals surface area contributed by atoms with Gasteiger partial charge < -0.3 is 5.11 Å². The van der Waals surface area contributed by atoms with Crippen LogP contribution in [0.25, 0.3) is 0 Å². The molecule has 1 unspecified atom stereocenters. The normalized spacial score (nSPS) is 15.0. The van der Waals surface area contributed by atoms with E-state index in [9.17, 15) is 5.11 Å². The Labute approximate surface area is 87.3 Å². The molecular weight excluding hydrogens is 180 g/mol. The van der Waals surface area contributed by atoms with E-state index in [1.807, 2.05) is 11.8 Å². The van der Waals surface area contributed by atoms with Gasteiger partial charge in [-0.1, -0.05) is 47.5 Å². The predicted octanol–water partition coefficient (Wildman–Crippen LogP) is 3.32. The Hall–Kier alpha value is 0.310. The van der Waals surface area contributed by atoms with Crippen LogP contribution in [0.3, 0.4) is 0 Å². The molecular formula is C11H24OS. The van der Waals surface area contributed by atoms with Crippen LogP contribution >= 0.6 is 11.8 Å². The van der Waals surface area contributed by atoms with Gasteiger partial charge in [0.1, 0.15) is 0 Å². The summed E-state index contributed by atoms with van der Waals surface area (Å²) in [6.07, 6.45) is 2.05. The molecule has 0 aromatic rings. The van der Waals surface area contributed by atoms with Crippen LogP contribution in [0, 0.1) is 5.92 Å². The lowest BCUT2D eigenvalue weighted by Crippen LogP contribution is -2.24. The molecule has 0 rings (SSSR count). The van der Waals surface area contributed by atoms with E-state index >= 15 is 0 Å². The smallest absolute Gasteiger partial charge is 0.0658 e. The molecule has 1 N–H and O–H groups in total. The molecule has 1 nitrogen and oxygen atoms in total. The fraction of sp³-hybridized carbons (Fsp3) is 1.00. The van der Waals surface area contributed by atoms with Crippen molar-refractivity contribution in [3.05, 3.63) is 0 Å². The Kier molecular flexibility index (Phi) is 6.06. The summed E-state index contributed by atoms with van der Waals surface area (Å²) in [5.74, 6) is 1.35. The molecule has 0 aliphatic carbocycles. The van der Waals surface area contributed by atoms with Gasteiger partial charge in [-0.15, -0.1) is 0 Å². The highest BCUT2D eigenvalue weighted by atomic mass is 32.2. The molecule has 0 aromatic heterocycles. The fourth-order valence-electron chi connectivity index (χ4n) is 1.30. The van der Waals surface area contributed by atoms with Crippen LogP contribution in [0.5, 0.6) is 0 Å². The van der Waals surface area contributed by atoms with E-state index in [1.165, 1.54) is 0 Å². The average molecular weight is 204 g/mol. The summed E-state index contributed by atoms with van der Waals surface area (Å²) in [6, 6.07) is 0. The number of thioether (sulfide) groups is 1. The van der Waals surface area contributed by atoms with Crippen molar-refractivity contribution in [2.45, 2.75) is 58.3 Å². The SMILES string of the molecule is CCC(CC)C(O)CSC(C)(C)C. The lowest BCUT2D eigenvalue weighted by Gasteiger charge is -2.24. The van der Waals surface area contributed by atoms with Crippen molar-refractivity contribution in [3.63, 3.8) is 0 Å². The summed E-state index contributed by atoms with van der Waals surface area (Å²) in [5.41, 5.74) is 0. The van der Waals surface area contributed by atoms with Crippen LogP contribution in [-0.4, -0.2) is 21.7 Å². The maximum absolute atomic E-state index is 9.85. The largest absolute Gasteiger partial charge is 0.392 e. The van der Waals surface area contributed by atoms with E-state index in [2.05, 4.69) is 34.6 Å². The first-order valence-corrected chi connectivity index (χ1v) is 6.21. The first-order chi connectivity index (χ1) is 5.90. The van der Waals surface area contributed by atoms with Gasteiger partial charge in [-0.25, -0.2) is 0 Å². The molecule has 0 saturated heterocycles. The lowest BCUT2D eigenvalue weighted by molar-refractivity contribution is 0.125. The van der Waals surface area contributed by atoms with Gasteiger partial charge >= 0.3 is 0 Å². The van der Waals surface area contributed by atoms with Gasteiger partial charge in [-0.05, 0) is 5.92 Å². The second kappa shape index (κ2) is 5.92. The first-order valence-electron chi connectivity index (χ1n) is 5.22. The first kappa shape index (κ1) is 13.3. The predicted molar refractivity (Wildman–Crippen MR) is 62.3 cm³/mol. The third-order valence-corrected chi connectivity index (χ3v) is 3.65. The van der Waals surface area contributed by atoms with Crippen molar-refractivity contribution in [3.8, 4) is 0 Å². The van der Waals surface area contributed by atoms with E-state index in [0.717, 1.165) is 18.6 Å². The fourth-order valence-corrected chi connectivity index (χ4v) is 2.25. The molecule has 0 fully saturated rings. The van der Waals surface area contributed by atoms with Crippen molar-refractivity contribution in [2.24, 2.45) is 5.92 Å². The Morgan fingerprint density at radius 1 is 1.15 bits per heavy atom. The molecule has 0 saturated carbocycles. The van der Waals surface area contributed by atoms with Crippen LogP contribution in [-0.2, 0) is 0 Å². The second-order valence-electron chi connectivity index (χ2n) is 4.57. The van der Waals surface area contributed by atoms with Crippen LogP contribution in [0.2, 0.25) is 0 Å². The number of aliphatic hydroxyl groups excluding tert-OH is 1. The molecule has 2 heteroatoms. The minimum atomic E-state index is -0.126. The van der Waals surface area contributed by atoms with Crippen molar-refractivity contribution in [1.29, 1.82) is 0 Å². The van der Waals surface area contributed by atoms with Crippen LogP contribution in [0.1, 0.15) is 47.5 Å². The minimum Gasteiger partial charge on any atom is -0.392 e.